The van der Waals surface area contributed by atoms with E-state index in [0.717, 1.165) is 45.1 Å². The van der Waals surface area contributed by atoms with E-state index >= 15 is 0 Å². The minimum atomic E-state index is -0.535. The Morgan fingerprint density at radius 3 is 2.78 bits per heavy atom. The van der Waals surface area contributed by atoms with Crippen molar-refractivity contribution in [2.45, 2.75) is 83.8 Å². The molecule has 0 aromatic carbocycles. The summed E-state index contributed by atoms with van der Waals surface area (Å²) in [6, 6.07) is 0.0798. The van der Waals surface area contributed by atoms with Crippen LogP contribution in [0.25, 0.3) is 0 Å². The van der Waals surface area contributed by atoms with Crippen LogP contribution in [0.3, 0.4) is 0 Å². The molecular weight excluding hydrogens is 342 g/mol. The molecule has 1 N–H and O–H groups in total. The number of amides is 1. The summed E-state index contributed by atoms with van der Waals surface area (Å²) in [5.74, 6) is 6.22. The number of ether oxygens (including phenoxy) is 1. The van der Waals surface area contributed by atoms with Gasteiger partial charge in [-0.3, -0.25) is 9.59 Å². The second-order valence-corrected chi connectivity index (χ2v) is 7.20. The molecular formula is C22H35NO4. The third kappa shape index (κ3) is 9.10. The number of likely N-dealkylation sites (tertiary alicyclic amines) is 1. The van der Waals surface area contributed by atoms with Crippen molar-refractivity contribution in [2.75, 3.05) is 13.7 Å². The minimum absolute atomic E-state index is 0.0798. The van der Waals surface area contributed by atoms with Gasteiger partial charge in [0.2, 0.25) is 5.91 Å². The van der Waals surface area contributed by atoms with E-state index in [2.05, 4.69) is 16.6 Å². The molecule has 0 aromatic rings. The number of methoxy groups -OCH3 is 1. The van der Waals surface area contributed by atoms with Gasteiger partial charge in [0.1, 0.15) is 0 Å². The van der Waals surface area contributed by atoms with Crippen LogP contribution in [-0.2, 0) is 14.3 Å². The Bertz CT molecular complexity index is 546. The van der Waals surface area contributed by atoms with Gasteiger partial charge in [0, 0.05) is 32.2 Å². The zero-order chi connectivity index (χ0) is 20.1. The van der Waals surface area contributed by atoms with Crippen LogP contribution in [-0.4, -0.2) is 47.7 Å². The Hall–Kier alpha value is -1.80. The minimum Gasteiger partial charge on any atom is -0.469 e. The normalized spacial score (nSPS) is 19.0. The molecule has 0 radical (unpaired) electrons. The van der Waals surface area contributed by atoms with Crippen LogP contribution in [0, 0.1) is 17.8 Å². The van der Waals surface area contributed by atoms with Crippen molar-refractivity contribution in [1.82, 2.24) is 4.90 Å². The van der Waals surface area contributed by atoms with Crippen molar-refractivity contribution >= 4 is 11.9 Å². The lowest BCUT2D eigenvalue weighted by Gasteiger charge is -2.23. The van der Waals surface area contributed by atoms with E-state index in [1.54, 1.807) is 0 Å². The van der Waals surface area contributed by atoms with Crippen molar-refractivity contribution in [3.63, 3.8) is 0 Å². The molecule has 3 atom stereocenters. The second kappa shape index (κ2) is 13.4. The Balaban J connectivity index is 2.37. The van der Waals surface area contributed by atoms with E-state index in [9.17, 15) is 14.7 Å². The molecule has 0 spiro atoms. The van der Waals surface area contributed by atoms with E-state index in [4.69, 9.17) is 0 Å². The highest BCUT2D eigenvalue weighted by atomic mass is 16.5. The molecule has 1 aliphatic heterocycles. The lowest BCUT2D eigenvalue weighted by atomic mass is 10.00. The SMILES string of the molecule is CCC#CC[C@H](C)C(O)C=C[C@H]1CCC(=O)N1CCCCCCC(=O)OC. The molecule has 1 fully saturated rings. The van der Waals surface area contributed by atoms with Crippen molar-refractivity contribution in [3.05, 3.63) is 12.2 Å². The van der Waals surface area contributed by atoms with Crippen LogP contribution < -0.4 is 0 Å². The van der Waals surface area contributed by atoms with Crippen molar-refractivity contribution < 1.29 is 19.4 Å². The molecule has 152 valence electrons. The number of hydrogen-bond acceptors (Lipinski definition) is 4. The molecule has 0 aromatic heterocycles. The summed E-state index contributed by atoms with van der Waals surface area (Å²) in [5, 5.41) is 10.3. The molecule has 0 aliphatic carbocycles. The maximum atomic E-state index is 12.1. The highest BCUT2D eigenvalue weighted by molar-refractivity contribution is 5.79. The van der Waals surface area contributed by atoms with Crippen molar-refractivity contribution in [3.8, 4) is 11.8 Å². The summed E-state index contributed by atoms with van der Waals surface area (Å²) >= 11 is 0. The van der Waals surface area contributed by atoms with Crippen LogP contribution in [0.5, 0.6) is 0 Å². The van der Waals surface area contributed by atoms with Gasteiger partial charge in [-0.05, 0) is 25.2 Å². The van der Waals surface area contributed by atoms with Gasteiger partial charge in [-0.15, -0.1) is 11.8 Å². The summed E-state index contributed by atoms with van der Waals surface area (Å²) in [4.78, 5) is 25.1. The van der Waals surface area contributed by atoms with Crippen LogP contribution >= 0.6 is 0 Å². The molecule has 0 saturated carbocycles. The number of aliphatic hydroxyl groups is 1. The van der Waals surface area contributed by atoms with Gasteiger partial charge >= 0.3 is 5.97 Å². The van der Waals surface area contributed by atoms with Crippen LogP contribution in [0.1, 0.15) is 71.6 Å². The molecule has 1 heterocycles. The number of esters is 1. The fraction of sp³-hybridized carbons (Fsp3) is 0.727. The van der Waals surface area contributed by atoms with Gasteiger partial charge in [0.15, 0.2) is 0 Å². The Morgan fingerprint density at radius 2 is 2.07 bits per heavy atom. The molecule has 5 heteroatoms. The number of nitrogens with zero attached hydrogens (tertiary/aromatic N) is 1. The highest BCUT2D eigenvalue weighted by Gasteiger charge is 2.28. The summed E-state index contributed by atoms with van der Waals surface area (Å²) in [7, 11) is 1.41. The third-order valence-corrected chi connectivity index (χ3v) is 4.97. The second-order valence-electron chi connectivity index (χ2n) is 7.20. The average Bonchev–Trinajstić information content (AvgIpc) is 3.02. The van der Waals surface area contributed by atoms with Crippen LogP contribution in [0.15, 0.2) is 12.2 Å². The Kier molecular flexibility index (Phi) is 11.5. The maximum absolute atomic E-state index is 12.1. The number of carbonyl (C=O) groups is 2. The standard InChI is InChI=1S/C22H35NO4/c1-4-5-8-11-18(2)20(24)15-13-19-14-16-21(25)23(19)17-10-7-6-9-12-22(26)27-3/h13,15,18-20,24H,4,6-7,9-12,14,16-17H2,1-3H3/t18-,19-,20?/m0/s1. The molecule has 1 saturated heterocycles. The highest BCUT2D eigenvalue weighted by Crippen LogP contribution is 2.22. The number of unbranched alkanes of at least 4 members (excludes halogenated alkanes) is 3. The van der Waals surface area contributed by atoms with E-state index in [1.807, 2.05) is 30.9 Å². The van der Waals surface area contributed by atoms with Gasteiger partial charge in [-0.25, -0.2) is 0 Å². The molecule has 5 nitrogen and oxygen atoms in total. The van der Waals surface area contributed by atoms with Gasteiger partial charge in [-0.2, -0.15) is 0 Å². The lowest BCUT2D eigenvalue weighted by Crippen LogP contribution is -2.33. The lowest BCUT2D eigenvalue weighted by molar-refractivity contribution is -0.140. The number of rotatable bonds is 11. The van der Waals surface area contributed by atoms with Crippen molar-refractivity contribution in [1.29, 1.82) is 0 Å². The zero-order valence-electron chi connectivity index (χ0n) is 17.1. The van der Waals surface area contributed by atoms with Gasteiger partial charge in [0.25, 0.3) is 0 Å². The summed E-state index contributed by atoms with van der Waals surface area (Å²) in [5.41, 5.74) is 0. The molecule has 1 amide bonds. The van der Waals surface area contributed by atoms with E-state index in [1.165, 1.54) is 7.11 Å². The Labute approximate surface area is 164 Å². The predicted molar refractivity (Wildman–Crippen MR) is 107 cm³/mol. The molecule has 27 heavy (non-hydrogen) atoms. The first-order valence-corrected chi connectivity index (χ1v) is 10.2. The van der Waals surface area contributed by atoms with Crippen molar-refractivity contribution in [2.24, 2.45) is 5.92 Å². The first-order valence-electron chi connectivity index (χ1n) is 10.2. The number of carbonyl (C=O) groups excluding carboxylic acids is 2. The third-order valence-electron chi connectivity index (χ3n) is 4.97. The molecule has 1 rings (SSSR count). The van der Waals surface area contributed by atoms with Gasteiger partial charge in [-0.1, -0.05) is 38.8 Å². The number of hydrogen-bond donors (Lipinski definition) is 1. The Morgan fingerprint density at radius 1 is 1.33 bits per heavy atom. The van der Waals surface area contributed by atoms with E-state index in [0.29, 0.717) is 19.3 Å². The topological polar surface area (TPSA) is 66.8 Å². The monoisotopic (exact) mass is 377 g/mol. The first kappa shape index (κ1) is 23.2. The smallest absolute Gasteiger partial charge is 0.305 e. The van der Waals surface area contributed by atoms with Gasteiger partial charge in [0.05, 0.1) is 19.3 Å². The zero-order valence-corrected chi connectivity index (χ0v) is 17.1. The summed E-state index contributed by atoms with van der Waals surface area (Å²) < 4.78 is 4.63. The number of aliphatic hydroxyl groups excluding tert-OH is 1. The van der Waals surface area contributed by atoms with Crippen LogP contribution in [0.4, 0.5) is 0 Å². The van der Waals surface area contributed by atoms with Gasteiger partial charge < -0.3 is 14.7 Å². The molecule has 1 aliphatic rings. The quantitative estimate of drug-likeness (QED) is 0.259. The predicted octanol–water partition coefficient (Wildman–Crippen LogP) is 3.46. The van der Waals surface area contributed by atoms with E-state index < -0.39 is 6.10 Å². The summed E-state index contributed by atoms with van der Waals surface area (Å²) in [6.45, 7) is 4.74. The van der Waals surface area contributed by atoms with E-state index in [-0.39, 0.29) is 23.8 Å². The maximum Gasteiger partial charge on any atom is 0.305 e. The first-order chi connectivity index (χ1) is 13.0. The van der Waals surface area contributed by atoms with Crippen LogP contribution in [0.2, 0.25) is 0 Å². The molecule has 1 unspecified atom stereocenters. The summed E-state index contributed by atoms with van der Waals surface area (Å²) in [6.07, 6.45) is 10.4. The average molecular weight is 378 g/mol. The molecule has 0 bridgehead atoms. The largest absolute Gasteiger partial charge is 0.469 e. The fourth-order valence-electron chi connectivity index (χ4n) is 3.16. The fourth-order valence-corrected chi connectivity index (χ4v) is 3.16.